The topological polar surface area (TPSA) is 67.8 Å². The number of anilines is 1. The summed E-state index contributed by atoms with van der Waals surface area (Å²) in [6, 6.07) is 8.02. The molecule has 0 fully saturated rings. The van der Waals surface area contributed by atoms with Crippen LogP contribution >= 0.6 is 0 Å². The fourth-order valence-corrected chi connectivity index (χ4v) is 5.22. The van der Waals surface area contributed by atoms with Gasteiger partial charge in [0.05, 0.1) is 14.2 Å². The third-order valence-electron chi connectivity index (χ3n) is 6.97. The Kier molecular flexibility index (Phi) is 5.95. The first-order valence-corrected chi connectivity index (χ1v) is 12.0. The van der Waals surface area contributed by atoms with Gasteiger partial charge in [0, 0.05) is 47.0 Å². The van der Waals surface area contributed by atoms with Gasteiger partial charge in [0.15, 0.2) is 5.78 Å². The van der Waals surface area contributed by atoms with E-state index < -0.39 is 0 Å². The molecule has 1 atom stereocenters. The number of carbonyl (C=O) groups excluding carboxylic acids is 1. The Morgan fingerprint density at radius 3 is 2.06 bits per heavy atom. The molecule has 0 spiro atoms. The maximum absolute atomic E-state index is 13.4. The molecule has 34 heavy (non-hydrogen) atoms. The third kappa shape index (κ3) is 4.06. The van der Waals surface area contributed by atoms with Gasteiger partial charge in [-0.1, -0.05) is 53.7 Å². The number of rotatable bonds is 3. The lowest BCUT2D eigenvalue weighted by molar-refractivity contribution is -0.116. The van der Waals surface area contributed by atoms with Crippen molar-refractivity contribution in [3.05, 3.63) is 57.8 Å². The van der Waals surface area contributed by atoms with E-state index in [1.165, 1.54) is 0 Å². The second-order valence-corrected chi connectivity index (χ2v) is 11.5. The Morgan fingerprint density at radius 2 is 1.53 bits per heavy atom. The summed E-state index contributed by atoms with van der Waals surface area (Å²) in [5.41, 5.74) is 5.85. The second-order valence-electron chi connectivity index (χ2n) is 11.5. The number of phenolic OH excluding ortho intramolecular Hbond substituents is 1. The molecule has 1 aliphatic heterocycles. The number of nitrogens with one attached hydrogen (secondary N) is 1. The van der Waals surface area contributed by atoms with Gasteiger partial charge >= 0.3 is 0 Å². The van der Waals surface area contributed by atoms with Crippen LogP contribution in [0.25, 0.3) is 0 Å². The number of hydrogen-bond donors (Lipinski definition) is 2. The number of hydrogen-bond acceptors (Lipinski definition) is 5. The number of methoxy groups -OCH3 is 2. The number of fused-ring (bicyclic) bond motifs is 1. The molecule has 0 bridgehead atoms. The Morgan fingerprint density at radius 1 is 0.912 bits per heavy atom. The van der Waals surface area contributed by atoms with E-state index in [1.54, 1.807) is 14.2 Å². The lowest BCUT2D eigenvalue weighted by Crippen LogP contribution is -2.28. The summed E-state index contributed by atoms with van der Waals surface area (Å²) in [7, 11) is 3.29. The van der Waals surface area contributed by atoms with E-state index in [0.717, 1.165) is 52.1 Å². The number of Topliss-reactive ketones (excluding diaryl/α,β-unsaturated/α-hetero) is 1. The quantitative estimate of drug-likeness (QED) is 0.539. The predicted octanol–water partition coefficient (Wildman–Crippen LogP) is 6.57. The molecule has 5 heteroatoms. The molecule has 1 heterocycles. The zero-order valence-electron chi connectivity index (χ0n) is 21.7. The van der Waals surface area contributed by atoms with E-state index in [2.05, 4.69) is 59.0 Å². The summed E-state index contributed by atoms with van der Waals surface area (Å²) in [5.74, 6) is 1.60. The van der Waals surface area contributed by atoms with Crippen LogP contribution in [0.2, 0.25) is 0 Å². The lowest BCUT2D eigenvalue weighted by atomic mass is 9.71. The van der Waals surface area contributed by atoms with Gasteiger partial charge in [0.1, 0.15) is 17.2 Å². The first-order valence-electron chi connectivity index (χ1n) is 12.0. The zero-order valence-corrected chi connectivity index (χ0v) is 21.7. The molecule has 1 unspecified atom stereocenters. The Hall–Kier alpha value is -2.95. The van der Waals surface area contributed by atoms with Crippen molar-refractivity contribution in [3.63, 3.8) is 0 Å². The van der Waals surface area contributed by atoms with E-state index in [-0.39, 0.29) is 22.5 Å². The van der Waals surface area contributed by atoms with Gasteiger partial charge in [0.2, 0.25) is 0 Å². The van der Waals surface area contributed by atoms with Crippen LogP contribution in [-0.2, 0) is 15.6 Å². The minimum atomic E-state index is -0.289. The van der Waals surface area contributed by atoms with Crippen molar-refractivity contribution in [1.29, 1.82) is 0 Å². The van der Waals surface area contributed by atoms with Gasteiger partial charge in [-0.05, 0) is 40.4 Å². The molecule has 0 aromatic heterocycles. The number of benzene rings is 2. The van der Waals surface area contributed by atoms with E-state index in [1.807, 2.05) is 12.1 Å². The molecule has 5 nitrogen and oxygen atoms in total. The van der Waals surface area contributed by atoms with Gasteiger partial charge in [0.25, 0.3) is 0 Å². The van der Waals surface area contributed by atoms with Crippen molar-refractivity contribution in [1.82, 2.24) is 0 Å². The van der Waals surface area contributed by atoms with Crippen LogP contribution in [0.5, 0.6) is 17.2 Å². The molecule has 1 aliphatic carbocycles. The average Bonchev–Trinajstić information content (AvgIpc) is 2.75. The normalized spacial score (nSPS) is 18.2. The average molecular weight is 464 g/mol. The molecule has 182 valence electrons. The number of ether oxygens (including phenoxy) is 2. The van der Waals surface area contributed by atoms with Crippen LogP contribution in [0.3, 0.4) is 0 Å². The van der Waals surface area contributed by atoms with Gasteiger partial charge in [-0.15, -0.1) is 0 Å². The number of allylic oxidation sites excluding steroid dienone is 2. The summed E-state index contributed by atoms with van der Waals surface area (Å²) < 4.78 is 11.4. The zero-order chi connectivity index (χ0) is 25.0. The van der Waals surface area contributed by atoms with Crippen molar-refractivity contribution >= 4 is 11.5 Å². The summed E-state index contributed by atoms with van der Waals surface area (Å²) in [5, 5.41) is 14.8. The maximum Gasteiger partial charge on any atom is 0.161 e. The number of aromatic hydroxyl groups is 1. The van der Waals surface area contributed by atoms with Crippen LogP contribution in [-0.4, -0.2) is 25.1 Å². The highest BCUT2D eigenvalue weighted by Gasteiger charge is 2.39. The van der Waals surface area contributed by atoms with Crippen molar-refractivity contribution in [3.8, 4) is 17.2 Å². The predicted molar refractivity (Wildman–Crippen MR) is 136 cm³/mol. The molecular formula is C29H37NO4. The fraction of sp³-hybridized carbons (Fsp3) is 0.483. The maximum atomic E-state index is 13.4. The standard InChI is InChI=1S/C29H37NO4/c1-28(2,3)18-12-16(13-19(27(18)32)29(4,5)6)24-25-20(10-9-11-22(25)31)30-21-14-17(33-7)15-23(34-8)26(21)24/h12-15,24,30,32H,9-11H2,1-8H3. The van der Waals surface area contributed by atoms with E-state index >= 15 is 0 Å². The summed E-state index contributed by atoms with van der Waals surface area (Å²) in [6.45, 7) is 12.6. The third-order valence-corrected chi connectivity index (χ3v) is 6.97. The van der Waals surface area contributed by atoms with E-state index in [9.17, 15) is 9.90 Å². The van der Waals surface area contributed by atoms with Gasteiger partial charge in [-0.2, -0.15) is 0 Å². The SMILES string of the molecule is COc1cc2c(c(OC)c1)C(c1cc(C(C)(C)C)c(O)c(C(C)(C)C)c1)C1=C(CCCC1=O)N2. The Balaban J connectivity index is 2.09. The van der Waals surface area contributed by atoms with Crippen molar-refractivity contribution in [2.45, 2.75) is 77.6 Å². The minimum Gasteiger partial charge on any atom is -0.507 e. The largest absolute Gasteiger partial charge is 0.507 e. The molecule has 0 saturated heterocycles. The van der Waals surface area contributed by atoms with E-state index in [4.69, 9.17) is 9.47 Å². The highest BCUT2D eigenvalue weighted by molar-refractivity contribution is 6.01. The minimum absolute atomic E-state index is 0.171. The number of phenols is 1. The number of carbonyl (C=O) groups is 1. The van der Waals surface area contributed by atoms with Gasteiger partial charge in [-0.3, -0.25) is 4.79 Å². The summed E-state index contributed by atoms with van der Waals surface area (Å²) in [4.78, 5) is 13.4. The Bertz CT molecular complexity index is 1140. The van der Waals surface area contributed by atoms with Crippen LogP contribution < -0.4 is 14.8 Å². The molecule has 2 aliphatic rings. The van der Waals surface area contributed by atoms with Gasteiger partial charge in [-0.25, -0.2) is 0 Å². The lowest BCUT2D eigenvalue weighted by Gasteiger charge is -2.36. The molecule has 0 saturated carbocycles. The smallest absolute Gasteiger partial charge is 0.161 e. The first-order chi connectivity index (χ1) is 15.9. The van der Waals surface area contributed by atoms with Crippen molar-refractivity contribution in [2.75, 3.05) is 19.5 Å². The first kappa shape index (κ1) is 24.2. The monoisotopic (exact) mass is 463 g/mol. The van der Waals surface area contributed by atoms with Crippen molar-refractivity contribution in [2.24, 2.45) is 0 Å². The molecule has 2 aromatic rings. The molecule has 2 aromatic carbocycles. The molecule has 0 radical (unpaired) electrons. The Labute approximate surface area is 203 Å². The van der Waals surface area contributed by atoms with E-state index in [0.29, 0.717) is 23.7 Å². The molecule has 4 rings (SSSR count). The van der Waals surface area contributed by atoms with Crippen LogP contribution in [0, 0.1) is 0 Å². The van der Waals surface area contributed by atoms with Crippen LogP contribution in [0.1, 0.15) is 89.0 Å². The van der Waals surface area contributed by atoms with Crippen LogP contribution in [0.15, 0.2) is 35.5 Å². The summed E-state index contributed by atoms with van der Waals surface area (Å²) >= 11 is 0. The van der Waals surface area contributed by atoms with Crippen molar-refractivity contribution < 1.29 is 19.4 Å². The second kappa shape index (κ2) is 8.37. The molecular weight excluding hydrogens is 426 g/mol. The molecule has 2 N–H and O–H groups in total. The van der Waals surface area contributed by atoms with Crippen LogP contribution in [0.4, 0.5) is 5.69 Å². The fourth-order valence-electron chi connectivity index (χ4n) is 5.22. The highest BCUT2D eigenvalue weighted by Crippen LogP contribution is 2.52. The highest BCUT2D eigenvalue weighted by atomic mass is 16.5. The summed E-state index contributed by atoms with van der Waals surface area (Å²) in [6.07, 6.45) is 2.21. The molecule has 0 amide bonds. The van der Waals surface area contributed by atoms with Gasteiger partial charge < -0.3 is 19.9 Å². The number of ketones is 1.